The molecule has 0 spiro atoms. The van der Waals surface area contributed by atoms with E-state index in [0.717, 1.165) is 22.3 Å². The van der Waals surface area contributed by atoms with Gasteiger partial charge in [-0.3, -0.25) is 4.68 Å². The second-order valence-corrected chi connectivity index (χ2v) is 7.13. The number of nitrogens with zero attached hydrogens (tertiary/aromatic N) is 2. The van der Waals surface area contributed by atoms with Crippen molar-refractivity contribution in [2.45, 2.75) is 19.4 Å². The van der Waals surface area contributed by atoms with E-state index in [1.165, 1.54) is 0 Å². The van der Waals surface area contributed by atoms with E-state index in [2.05, 4.69) is 36.4 Å². The first-order valence-electron chi connectivity index (χ1n) is 10.1. The van der Waals surface area contributed by atoms with Crippen LogP contribution in [-0.4, -0.2) is 22.4 Å². The van der Waals surface area contributed by atoms with Crippen LogP contribution in [0.2, 0.25) is 0 Å². The van der Waals surface area contributed by atoms with Crippen LogP contribution in [0.3, 0.4) is 0 Å². The van der Waals surface area contributed by atoms with E-state index in [1.807, 2.05) is 72.4 Å². The number of hydrogen-bond donors (Lipinski definition) is 0. The average Bonchev–Trinajstić information content (AvgIpc) is 3.18. The number of carbonyl (C=O) groups excluding carboxylic acids is 1. The number of ether oxygens (including phenoxy) is 1. The normalized spacial score (nSPS) is 11.3. The summed E-state index contributed by atoms with van der Waals surface area (Å²) < 4.78 is 7.13. The quantitative estimate of drug-likeness (QED) is 0.332. The molecule has 4 heteroatoms. The zero-order valence-corrected chi connectivity index (χ0v) is 17.2. The summed E-state index contributed by atoms with van der Waals surface area (Å²) in [5.74, 6) is -0.406. The van der Waals surface area contributed by atoms with E-state index in [9.17, 15) is 4.79 Å². The summed E-state index contributed by atoms with van der Waals surface area (Å²) in [6.45, 7) is 4.00. The van der Waals surface area contributed by atoms with Gasteiger partial charge in [0.25, 0.3) is 0 Å². The molecule has 1 aromatic heterocycles. The summed E-state index contributed by atoms with van der Waals surface area (Å²) in [6, 6.07) is 30.8. The Morgan fingerprint density at radius 3 is 1.67 bits per heavy atom. The lowest BCUT2D eigenvalue weighted by Gasteiger charge is -2.36. The van der Waals surface area contributed by atoms with Gasteiger partial charge < -0.3 is 4.74 Å². The van der Waals surface area contributed by atoms with Crippen molar-refractivity contribution in [2.75, 3.05) is 6.61 Å². The minimum absolute atomic E-state index is 0.312. The number of rotatable bonds is 6. The molecule has 0 bridgehead atoms. The zero-order chi connectivity index (χ0) is 21.0. The Morgan fingerprint density at radius 1 is 0.833 bits per heavy atom. The summed E-state index contributed by atoms with van der Waals surface area (Å²) in [4.78, 5) is 12.5. The second kappa shape index (κ2) is 8.37. The fourth-order valence-electron chi connectivity index (χ4n) is 3.97. The highest BCUT2D eigenvalue weighted by molar-refractivity contribution is 5.88. The van der Waals surface area contributed by atoms with Crippen molar-refractivity contribution in [2.24, 2.45) is 0 Å². The number of esters is 1. The van der Waals surface area contributed by atoms with E-state index in [1.54, 1.807) is 6.92 Å². The van der Waals surface area contributed by atoms with Gasteiger partial charge in [-0.1, -0.05) is 91.0 Å². The maximum atomic E-state index is 12.5. The largest absolute Gasteiger partial charge is 0.461 e. The van der Waals surface area contributed by atoms with E-state index in [4.69, 9.17) is 9.84 Å². The molecule has 0 radical (unpaired) electrons. The van der Waals surface area contributed by atoms with Crippen LogP contribution in [-0.2, 0) is 10.3 Å². The molecule has 0 fully saturated rings. The molecular formula is C26H24N2O2. The fraction of sp³-hybridized carbons (Fsp3) is 0.154. The van der Waals surface area contributed by atoms with Crippen LogP contribution >= 0.6 is 0 Å². The van der Waals surface area contributed by atoms with Crippen LogP contribution in [0.5, 0.6) is 0 Å². The summed E-state index contributed by atoms with van der Waals surface area (Å²) >= 11 is 0. The van der Waals surface area contributed by atoms with Gasteiger partial charge in [0.2, 0.25) is 0 Å². The lowest BCUT2D eigenvalue weighted by Crippen LogP contribution is -2.38. The molecule has 0 amide bonds. The zero-order valence-electron chi connectivity index (χ0n) is 17.2. The summed E-state index contributed by atoms with van der Waals surface area (Å²) in [7, 11) is 0. The van der Waals surface area contributed by atoms with Crippen molar-refractivity contribution in [3.63, 3.8) is 0 Å². The molecule has 0 unspecified atom stereocenters. The van der Waals surface area contributed by atoms with Crippen LogP contribution in [0.4, 0.5) is 0 Å². The van der Waals surface area contributed by atoms with Gasteiger partial charge in [-0.15, -0.1) is 0 Å². The van der Waals surface area contributed by atoms with E-state index >= 15 is 0 Å². The lowest BCUT2D eigenvalue weighted by molar-refractivity contribution is 0.0517. The van der Waals surface area contributed by atoms with Crippen LogP contribution < -0.4 is 0 Å². The van der Waals surface area contributed by atoms with Gasteiger partial charge in [-0.05, 0) is 30.5 Å². The lowest BCUT2D eigenvalue weighted by atomic mass is 9.77. The van der Waals surface area contributed by atoms with Gasteiger partial charge in [0.15, 0.2) is 5.69 Å². The first-order chi connectivity index (χ1) is 14.7. The second-order valence-electron chi connectivity index (χ2n) is 7.13. The molecule has 150 valence electrons. The van der Waals surface area contributed by atoms with Gasteiger partial charge in [-0.2, -0.15) is 5.10 Å². The highest BCUT2D eigenvalue weighted by atomic mass is 16.5. The third-order valence-electron chi connectivity index (χ3n) is 5.28. The Balaban J connectivity index is 2.06. The molecule has 4 rings (SSSR count). The maximum Gasteiger partial charge on any atom is 0.359 e. The number of hydrogen-bond acceptors (Lipinski definition) is 3. The smallest absolute Gasteiger partial charge is 0.359 e. The van der Waals surface area contributed by atoms with Gasteiger partial charge in [0.05, 0.1) is 6.61 Å². The van der Waals surface area contributed by atoms with Crippen LogP contribution in [0.15, 0.2) is 97.2 Å². The Morgan fingerprint density at radius 2 is 1.27 bits per heavy atom. The maximum absolute atomic E-state index is 12.5. The van der Waals surface area contributed by atoms with E-state index in [-0.39, 0.29) is 0 Å². The average molecular weight is 396 g/mol. The predicted molar refractivity (Wildman–Crippen MR) is 118 cm³/mol. The number of aryl methyl sites for hydroxylation is 1. The van der Waals surface area contributed by atoms with Crippen LogP contribution in [0, 0.1) is 6.92 Å². The summed E-state index contributed by atoms with van der Waals surface area (Å²) in [5, 5.41) is 4.77. The first kappa shape index (κ1) is 19.6. The molecule has 0 aliphatic rings. The molecule has 4 nitrogen and oxygen atoms in total. The molecular weight excluding hydrogens is 372 g/mol. The molecule has 3 aromatic carbocycles. The molecule has 30 heavy (non-hydrogen) atoms. The number of carbonyl (C=O) groups is 1. The van der Waals surface area contributed by atoms with Gasteiger partial charge in [0.1, 0.15) is 5.54 Å². The van der Waals surface area contributed by atoms with Gasteiger partial charge in [-0.25, -0.2) is 4.79 Å². The minimum Gasteiger partial charge on any atom is -0.461 e. The molecule has 1 heterocycles. The highest BCUT2D eigenvalue weighted by Crippen LogP contribution is 2.40. The Kier molecular flexibility index (Phi) is 5.48. The molecule has 0 N–H and O–H groups in total. The topological polar surface area (TPSA) is 44.1 Å². The summed E-state index contributed by atoms with van der Waals surface area (Å²) in [5.41, 5.74) is 3.55. The van der Waals surface area contributed by atoms with Crippen molar-refractivity contribution in [3.8, 4) is 0 Å². The predicted octanol–water partition coefficient (Wildman–Crippen LogP) is 5.21. The Labute approximate surface area is 176 Å². The Bertz CT molecular complexity index is 1020. The molecule has 0 atom stereocenters. The van der Waals surface area contributed by atoms with Gasteiger partial charge in [0, 0.05) is 11.8 Å². The molecule has 0 aliphatic carbocycles. The van der Waals surface area contributed by atoms with E-state index < -0.39 is 11.5 Å². The van der Waals surface area contributed by atoms with Crippen LogP contribution in [0.25, 0.3) is 0 Å². The molecule has 0 saturated heterocycles. The van der Waals surface area contributed by atoms with E-state index in [0.29, 0.717) is 12.3 Å². The third-order valence-corrected chi connectivity index (χ3v) is 5.28. The van der Waals surface area contributed by atoms with Crippen molar-refractivity contribution in [3.05, 3.63) is 125 Å². The molecule has 4 aromatic rings. The first-order valence-corrected chi connectivity index (χ1v) is 10.1. The standard InChI is InChI=1S/C26H24N2O2/c1-3-30-25(29)24-20(2)19-28(27-24)26(21-13-7-4-8-14-21,22-15-9-5-10-16-22)23-17-11-6-12-18-23/h4-19H,3H2,1-2H3. The highest BCUT2D eigenvalue weighted by Gasteiger charge is 2.40. The molecule has 0 aliphatic heterocycles. The molecule has 0 saturated carbocycles. The fourth-order valence-corrected chi connectivity index (χ4v) is 3.97. The number of benzene rings is 3. The van der Waals surface area contributed by atoms with Crippen molar-refractivity contribution >= 4 is 5.97 Å². The third kappa shape index (κ3) is 3.30. The summed E-state index contributed by atoms with van der Waals surface area (Å²) in [6.07, 6.45) is 1.93. The van der Waals surface area contributed by atoms with Crippen LogP contribution in [0.1, 0.15) is 39.7 Å². The van der Waals surface area contributed by atoms with Crippen molar-refractivity contribution in [1.82, 2.24) is 9.78 Å². The minimum atomic E-state index is -0.737. The Hall–Kier alpha value is -3.66. The van der Waals surface area contributed by atoms with Crippen molar-refractivity contribution < 1.29 is 9.53 Å². The SMILES string of the molecule is CCOC(=O)c1nn(C(c2ccccc2)(c2ccccc2)c2ccccc2)cc1C. The van der Waals surface area contributed by atoms with Gasteiger partial charge >= 0.3 is 5.97 Å². The monoisotopic (exact) mass is 396 g/mol. The number of aromatic nitrogens is 2. The van der Waals surface area contributed by atoms with Crippen molar-refractivity contribution in [1.29, 1.82) is 0 Å².